The molecular formula is C7H9O3PS. The second kappa shape index (κ2) is 3.99. The van der Waals surface area contributed by atoms with Crippen LogP contribution in [0.3, 0.4) is 0 Å². The number of rotatable bonds is 3. The Balaban J connectivity index is 2.56. The highest BCUT2D eigenvalue weighted by Crippen LogP contribution is 2.14. The van der Waals surface area contributed by atoms with Crippen molar-refractivity contribution in [3.8, 4) is 0 Å². The number of hydrogen-bond acceptors (Lipinski definition) is 3. The van der Waals surface area contributed by atoms with Crippen LogP contribution in [0.4, 0.5) is 0 Å². The number of benzene rings is 1. The minimum Gasteiger partial charge on any atom is -0.246 e. The van der Waals surface area contributed by atoms with E-state index < -0.39 is 10.1 Å². The molecule has 0 aromatic heterocycles. The topological polar surface area (TPSA) is 43.4 Å². The van der Waals surface area contributed by atoms with E-state index in [-0.39, 0.29) is 8.81 Å². The van der Waals surface area contributed by atoms with E-state index in [9.17, 15) is 8.42 Å². The molecule has 3 nitrogen and oxygen atoms in total. The molecule has 0 saturated carbocycles. The summed E-state index contributed by atoms with van der Waals surface area (Å²) < 4.78 is 25.8. The lowest BCUT2D eigenvalue weighted by atomic mass is 10.4. The van der Waals surface area contributed by atoms with E-state index in [2.05, 4.69) is 3.97 Å². The molecule has 5 heteroatoms. The highest BCUT2D eigenvalue weighted by Gasteiger charge is 2.01. The fraction of sp³-hybridized carbons (Fsp3) is 0.143. The van der Waals surface area contributed by atoms with Gasteiger partial charge in [0.05, 0.1) is 15.1 Å². The molecule has 0 aliphatic rings. The lowest BCUT2D eigenvalue weighted by molar-refractivity contribution is 0.523. The normalized spacial score (nSPS) is 12.4. The Kier molecular flexibility index (Phi) is 3.20. The van der Waals surface area contributed by atoms with Crippen LogP contribution in [-0.2, 0) is 14.1 Å². The summed E-state index contributed by atoms with van der Waals surface area (Å²) in [5, 5.41) is 0.878. The van der Waals surface area contributed by atoms with Gasteiger partial charge in [0.1, 0.15) is 0 Å². The summed E-state index contributed by atoms with van der Waals surface area (Å²) in [6.07, 6.45) is 1.04. The van der Waals surface area contributed by atoms with Gasteiger partial charge in [-0.05, 0) is 0 Å². The average Bonchev–Trinajstić information content (AvgIpc) is 2.02. The van der Waals surface area contributed by atoms with E-state index in [0.29, 0.717) is 0 Å². The highest BCUT2D eigenvalue weighted by atomic mass is 32.2. The maximum atomic E-state index is 10.6. The van der Waals surface area contributed by atoms with Gasteiger partial charge in [-0.15, -0.1) is 0 Å². The molecule has 1 unspecified atom stereocenters. The predicted molar refractivity (Wildman–Crippen MR) is 50.3 cm³/mol. The van der Waals surface area contributed by atoms with Gasteiger partial charge in [0, 0.05) is 5.30 Å². The zero-order valence-electron chi connectivity index (χ0n) is 6.52. The standard InChI is InChI=1S/C7H9O3PS/c1-12(8,9)10-11-7-5-3-2-4-6-7/h2-6,11H,1H3. The lowest BCUT2D eigenvalue weighted by Gasteiger charge is -1.99. The first-order chi connectivity index (χ1) is 5.58. The summed E-state index contributed by atoms with van der Waals surface area (Å²) in [5.74, 6) is 0. The Morgan fingerprint density at radius 3 is 2.33 bits per heavy atom. The molecule has 0 aliphatic carbocycles. The SMILES string of the molecule is CS(=O)(=O)OPc1ccccc1. The van der Waals surface area contributed by atoms with Crippen LogP contribution >= 0.6 is 8.81 Å². The van der Waals surface area contributed by atoms with Crippen LogP contribution in [0.15, 0.2) is 30.3 Å². The third kappa shape index (κ3) is 3.81. The van der Waals surface area contributed by atoms with Gasteiger partial charge >= 0.3 is 0 Å². The van der Waals surface area contributed by atoms with Crippen molar-refractivity contribution in [3.05, 3.63) is 30.3 Å². The van der Waals surface area contributed by atoms with Gasteiger partial charge in [-0.1, -0.05) is 30.3 Å². The average molecular weight is 204 g/mol. The third-order valence-electron chi connectivity index (χ3n) is 1.08. The second-order valence-electron chi connectivity index (χ2n) is 2.26. The van der Waals surface area contributed by atoms with Crippen molar-refractivity contribution in [1.29, 1.82) is 0 Å². The van der Waals surface area contributed by atoms with Crippen LogP contribution in [0.2, 0.25) is 0 Å². The predicted octanol–water partition coefficient (Wildman–Crippen LogP) is 0.882. The van der Waals surface area contributed by atoms with Gasteiger partial charge in [0.15, 0.2) is 0 Å². The fourth-order valence-corrected chi connectivity index (χ4v) is 1.95. The largest absolute Gasteiger partial charge is 0.267 e. The van der Waals surface area contributed by atoms with Crippen molar-refractivity contribution in [3.63, 3.8) is 0 Å². The molecule has 1 aromatic carbocycles. The summed E-state index contributed by atoms with van der Waals surface area (Å²) in [6.45, 7) is 0. The van der Waals surface area contributed by atoms with Crippen LogP contribution in [0.1, 0.15) is 0 Å². The molecule has 1 atom stereocenters. The molecule has 0 N–H and O–H groups in total. The number of hydrogen-bond donors (Lipinski definition) is 0. The molecule has 0 aliphatic heterocycles. The molecule has 0 heterocycles. The first kappa shape index (κ1) is 9.65. The molecule has 0 amide bonds. The van der Waals surface area contributed by atoms with Gasteiger partial charge in [-0.3, -0.25) is 0 Å². The van der Waals surface area contributed by atoms with Crippen LogP contribution in [-0.4, -0.2) is 14.7 Å². The zero-order chi connectivity index (χ0) is 9.03. The van der Waals surface area contributed by atoms with Crippen LogP contribution in [0.25, 0.3) is 0 Å². The zero-order valence-corrected chi connectivity index (χ0v) is 8.34. The van der Waals surface area contributed by atoms with E-state index in [1.54, 1.807) is 0 Å². The van der Waals surface area contributed by atoms with Crippen LogP contribution < -0.4 is 5.30 Å². The van der Waals surface area contributed by atoms with Gasteiger partial charge in [-0.25, -0.2) is 3.97 Å². The molecule has 0 saturated heterocycles. The molecule has 0 radical (unpaired) electrons. The maximum absolute atomic E-state index is 10.6. The summed E-state index contributed by atoms with van der Waals surface area (Å²) in [5.41, 5.74) is 0. The van der Waals surface area contributed by atoms with Gasteiger partial charge in [0.25, 0.3) is 10.1 Å². The van der Waals surface area contributed by atoms with Crippen molar-refractivity contribution < 1.29 is 12.4 Å². The van der Waals surface area contributed by atoms with E-state index in [4.69, 9.17) is 0 Å². The lowest BCUT2D eigenvalue weighted by Crippen LogP contribution is -1.99. The van der Waals surface area contributed by atoms with Gasteiger partial charge in [-0.2, -0.15) is 8.42 Å². The van der Waals surface area contributed by atoms with Crippen molar-refractivity contribution in [2.45, 2.75) is 0 Å². The van der Waals surface area contributed by atoms with Gasteiger partial charge in [0.2, 0.25) is 0 Å². The second-order valence-corrected chi connectivity index (χ2v) is 5.11. The Morgan fingerprint density at radius 2 is 1.83 bits per heavy atom. The van der Waals surface area contributed by atoms with Crippen molar-refractivity contribution in [2.24, 2.45) is 0 Å². The summed E-state index contributed by atoms with van der Waals surface area (Å²) in [7, 11) is -3.44. The first-order valence-corrected chi connectivity index (χ1v) is 6.00. The highest BCUT2D eigenvalue weighted by molar-refractivity contribution is 7.89. The molecule has 0 bridgehead atoms. The third-order valence-corrected chi connectivity index (χ3v) is 3.20. The Morgan fingerprint density at radius 1 is 1.25 bits per heavy atom. The summed E-state index contributed by atoms with van der Waals surface area (Å²) in [6, 6.07) is 9.20. The van der Waals surface area contributed by atoms with Crippen molar-refractivity contribution in [2.75, 3.05) is 6.26 Å². The molecular weight excluding hydrogens is 195 g/mol. The molecule has 0 spiro atoms. The van der Waals surface area contributed by atoms with E-state index in [0.717, 1.165) is 11.6 Å². The van der Waals surface area contributed by atoms with Crippen molar-refractivity contribution in [1.82, 2.24) is 0 Å². The minimum absolute atomic E-state index is 0.132. The van der Waals surface area contributed by atoms with Crippen LogP contribution in [0, 0.1) is 0 Å². The monoisotopic (exact) mass is 204 g/mol. The first-order valence-electron chi connectivity index (χ1n) is 3.27. The Labute approximate surface area is 73.7 Å². The molecule has 1 rings (SSSR count). The van der Waals surface area contributed by atoms with Crippen molar-refractivity contribution >= 4 is 24.2 Å². The smallest absolute Gasteiger partial charge is 0.246 e. The summed E-state index contributed by atoms with van der Waals surface area (Å²) >= 11 is 0. The maximum Gasteiger partial charge on any atom is 0.267 e. The van der Waals surface area contributed by atoms with E-state index >= 15 is 0 Å². The summed E-state index contributed by atoms with van der Waals surface area (Å²) in [4.78, 5) is 0. The quantitative estimate of drug-likeness (QED) is 0.686. The fourth-order valence-electron chi connectivity index (χ4n) is 0.630. The molecule has 66 valence electrons. The molecule has 1 aromatic rings. The van der Waals surface area contributed by atoms with Crippen LogP contribution in [0.5, 0.6) is 0 Å². The molecule has 12 heavy (non-hydrogen) atoms. The van der Waals surface area contributed by atoms with Gasteiger partial charge < -0.3 is 0 Å². The Bertz CT molecular complexity index is 333. The minimum atomic E-state index is -3.31. The van der Waals surface area contributed by atoms with E-state index in [1.807, 2.05) is 30.3 Å². The van der Waals surface area contributed by atoms with E-state index in [1.165, 1.54) is 0 Å². The Hall–Kier alpha value is -0.440. The molecule has 0 fully saturated rings.